The number of hydrogen-bond acceptors (Lipinski definition) is 4. The summed E-state index contributed by atoms with van der Waals surface area (Å²) in [6.45, 7) is 2.26. The molecule has 0 aliphatic heterocycles. The first-order valence-electron chi connectivity index (χ1n) is 7.44. The largest absolute Gasteiger partial charge is 0.301 e. The first-order valence-corrected chi connectivity index (χ1v) is 10.6. The quantitative estimate of drug-likeness (QED) is 0.699. The summed E-state index contributed by atoms with van der Waals surface area (Å²) in [4.78, 5) is 2.72. The molecule has 1 nitrogen and oxygen atoms in total. The molecule has 0 aromatic carbocycles. The Kier molecular flexibility index (Phi) is 5.68. The zero-order valence-corrected chi connectivity index (χ0v) is 15.3. The second kappa shape index (κ2) is 7.51. The van der Waals surface area contributed by atoms with Gasteiger partial charge >= 0.3 is 0 Å². The molecular weight excluding hydrogens is 338 g/mol. The molecule has 0 saturated heterocycles. The molecule has 0 spiro atoms. The van der Waals surface area contributed by atoms with Gasteiger partial charge in [0.05, 0.1) is 10.4 Å². The number of hydrogen-bond donors (Lipinski definition) is 1. The van der Waals surface area contributed by atoms with E-state index >= 15 is 0 Å². The van der Waals surface area contributed by atoms with Crippen molar-refractivity contribution in [2.24, 2.45) is 0 Å². The molecule has 21 heavy (non-hydrogen) atoms. The fraction of sp³-hybridized carbons (Fsp3) is 0.500. The monoisotopic (exact) mass is 357 g/mol. The summed E-state index contributed by atoms with van der Waals surface area (Å²) in [6, 6.07) is 9.45. The van der Waals surface area contributed by atoms with Crippen LogP contribution in [0, 0.1) is 0 Å². The molecule has 1 fully saturated rings. The van der Waals surface area contributed by atoms with E-state index in [0.29, 0.717) is 12.1 Å². The van der Waals surface area contributed by atoms with Gasteiger partial charge in [-0.1, -0.05) is 31.0 Å². The molecule has 0 radical (unpaired) electrons. The number of halogens is 1. The van der Waals surface area contributed by atoms with E-state index in [4.69, 9.17) is 11.6 Å². The van der Waals surface area contributed by atoms with E-state index < -0.39 is 0 Å². The second-order valence-corrected chi connectivity index (χ2v) is 9.53. The molecule has 1 aliphatic carbocycles. The lowest BCUT2D eigenvalue weighted by atomic mass is 10.1. The number of thioether (sulfide) groups is 1. The van der Waals surface area contributed by atoms with Gasteiger partial charge in [0.15, 0.2) is 0 Å². The van der Waals surface area contributed by atoms with E-state index in [0.717, 1.165) is 9.59 Å². The van der Waals surface area contributed by atoms with Crippen LogP contribution in [0.4, 0.5) is 0 Å². The number of nitrogens with one attached hydrogen (secondary N) is 1. The van der Waals surface area contributed by atoms with Crippen LogP contribution in [0.25, 0.3) is 0 Å². The third-order valence-electron chi connectivity index (χ3n) is 3.92. The Morgan fingerprint density at radius 1 is 1.33 bits per heavy atom. The molecule has 1 saturated carbocycles. The van der Waals surface area contributed by atoms with Gasteiger partial charge in [0.1, 0.15) is 0 Å². The van der Waals surface area contributed by atoms with E-state index in [-0.39, 0.29) is 0 Å². The van der Waals surface area contributed by atoms with Crippen molar-refractivity contribution in [1.29, 1.82) is 0 Å². The van der Waals surface area contributed by atoms with Crippen molar-refractivity contribution in [3.05, 3.63) is 43.7 Å². The average molecular weight is 358 g/mol. The second-order valence-electron chi connectivity index (χ2n) is 5.29. The summed E-state index contributed by atoms with van der Waals surface area (Å²) in [5.74, 6) is 1.21. The van der Waals surface area contributed by atoms with Gasteiger partial charge in [-0.25, -0.2) is 0 Å². The van der Waals surface area contributed by atoms with Crippen LogP contribution < -0.4 is 5.32 Å². The summed E-state index contributed by atoms with van der Waals surface area (Å²) in [6.07, 6.45) is 3.98. The standard InChI is InChI=1S/C16H20ClNS3/c1-2-19-12-6-3-5-11(12)18-16(13-7-4-10-20-13)14-8-9-15(17)21-14/h4,7-12,16,18H,2-3,5-6H2,1H3. The van der Waals surface area contributed by atoms with Crippen LogP contribution in [0.3, 0.4) is 0 Å². The Balaban J connectivity index is 1.80. The summed E-state index contributed by atoms with van der Waals surface area (Å²) in [7, 11) is 0. The molecule has 5 heteroatoms. The topological polar surface area (TPSA) is 12.0 Å². The predicted molar refractivity (Wildman–Crippen MR) is 98.2 cm³/mol. The van der Waals surface area contributed by atoms with Crippen LogP contribution in [0.5, 0.6) is 0 Å². The molecule has 0 bridgehead atoms. The van der Waals surface area contributed by atoms with E-state index in [1.54, 1.807) is 11.3 Å². The van der Waals surface area contributed by atoms with E-state index in [1.165, 1.54) is 34.8 Å². The van der Waals surface area contributed by atoms with E-state index in [1.807, 2.05) is 17.4 Å². The molecule has 3 atom stereocenters. The lowest BCUT2D eigenvalue weighted by Gasteiger charge is -2.26. The lowest BCUT2D eigenvalue weighted by molar-refractivity contribution is 0.493. The predicted octanol–water partition coefficient (Wildman–Crippen LogP) is 5.82. The number of rotatable bonds is 6. The Bertz CT molecular complexity index is 552. The Hall–Kier alpha value is -0.0000000000000000278. The Labute approximate surface area is 144 Å². The zero-order valence-electron chi connectivity index (χ0n) is 12.0. The number of thiophene rings is 2. The van der Waals surface area contributed by atoms with E-state index in [2.05, 4.69) is 47.6 Å². The van der Waals surface area contributed by atoms with Gasteiger partial charge in [-0.3, -0.25) is 0 Å². The molecule has 114 valence electrons. The van der Waals surface area contributed by atoms with Crippen molar-refractivity contribution in [2.75, 3.05) is 5.75 Å². The Morgan fingerprint density at radius 3 is 2.90 bits per heavy atom. The van der Waals surface area contributed by atoms with Crippen molar-refractivity contribution < 1.29 is 0 Å². The molecule has 0 amide bonds. The molecule has 2 heterocycles. The molecule has 1 aliphatic rings. The van der Waals surface area contributed by atoms with Crippen LogP contribution in [0.2, 0.25) is 4.34 Å². The lowest BCUT2D eigenvalue weighted by Crippen LogP contribution is -2.37. The SMILES string of the molecule is CCSC1CCCC1NC(c1cccs1)c1ccc(Cl)s1. The van der Waals surface area contributed by atoms with Crippen LogP contribution in [0.1, 0.15) is 42.0 Å². The summed E-state index contributed by atoms with van der Waals surface area (Å²) < 4.78 is 0.874. The van der Waals surface area contributed by atoms with Gasteiger partial charge in [0.25, 0.3) is 0 Å². The van der Waals surface area contributed by atoms with E-state index in [9.17, 15) is 0 Å². The van der Waals surface area contributed by atoms with Crippen LogP contribution in [-0.4, -0.2) is 17.0 Å². The third kappa shape index (κ3) is 3.85. The van der Waals surface area contributed by atoms with Crippen LogP contribution in [-0.2, 0) is 0 Å². The fourth-order valence-electron chi connectivity index (χ4n) is 2.99. The highest BCUT2D eigenvalue weighted by molar-refractivity contribution is 7.99. The normalized spacial score (nSPS) is 23.5. The minimum atomic E-state index is 0.297. The van der Waals surface area contributed by atoms with Gasteiger partial charge in [0.2, 0.25) is 0 Å². The molecular formula is C16H20ClNS3. The first kappa shape index (κ1) is 15.9. The van der Waals surface area contributed by atoms with Gasteiger partial charge in [-0.15, -0.1) is 22.7 Å². The van der Waals surface area contributed by atoms with Crippen molar-refractivity contribution in [1.82, 2.24) is 5.32 Å². The maximum Gasteiger partial charge on any atom is 0.0931 e. The zero-order chi connectivity index (χ0) is 14.7. The van der Waals surface area contributed by atoms with Gasteiger partial charge in [-0.2, -0.15) is 11.8 Å². The third-order valence-corrected chi connectivity index (χ3v) is 7.48. The van der Waals surface area contributed by atoms with Crippen molar-refractivity contribution >= 4 is 46.0 Å². The maximum atomic E-state index is 6.15. The van der Waals surface area contributed by atoms with Gasteiger partial charge < -0.3 is 5.32 Å². The molecule has 2 aromatic rings. The van der Waals surface area contributed by atoms with Gasteiger partial charge in [-0.05, 0) is 42.2 Å². The molecule has 3 unspecified atom stereocenters. The Morgan fingerprint density at radius 2 is 2.24 bits per heavy atom. The highest BCUT2D eigenvalue weighted by Gasteiger charge is 2.30. The molecule has 1 N–H and O–H groups in total. The minimum absolute atomic E-state index is 0.297. The van der Waals surface area contributed by atoms with Crippen molar-refractivity contribution in [3.63, 3.8) is 0 Å². The first-order chi connectivity index (χ1) is 10.3. The summed E-state index contributed by atoms with van der Waals surface area (Å²) in [5, 5.41) is 6.84. The minimum Gasteiger partial charge on any atom is -0.301 e. The molecule has 3 rings (SSSR count). The van der Waals surface area contributed by atoms with Gasteiger partial charge in [0, 0.05) is 21.0 Å². The van der Waals surface area contributed by atoms with Crippen molar-refractivity contribution in [3.8, 4) is 0 Å². The van der Waals surface area contributed by atoms with Crippen LogP contribution in [0.15, 0.2) is 29.6 Å². The highest BCUT2D eigenvalue weighted by Crippen LogP contribution is 2.37. The smallest absolute Gasteiger partial charge is 0.0931 e. The average Bonchev–Trinajstić information content (AvgIpc) is 3.18. The van der Waals surface area contributed by atoms with Crippen LogP contribution >= 0.6 is 46.0 Å². The maximum absolute atomic E-state index is 6.15. The highest BCUT2D eigenvalue weighted by atomic mass is 35.5. The summed E-state index contributed by atoms with van der Waals surface area (Å²) >= 11 is 11.8. The summed E-state index contributed by atoms with van der Waals surface area (Å²) in [5.41, 5.74) is 0. The molecule has 2 aromatic heterocycles. The fourth-order valence-corrected chi connectivity index (χ4v) is 6.21. The van der Waals surface area contributed by atoms with Crippen molar-refractivity contribution in [2.45, 2.75) is 43.5 Å².